The molecule has 1 atom stereocenters. The zero-order valence-electron chi connectivity index (χ0n) is 14.9. The summed E-state index contributed by atoms with van der Waals surface area (Å²) in [5.41, 5.74) is -0.642. The van der Waals surface area contributed by atoms with Crippen molar-refractivity contribution >= 4 is 5.97 Å². The second kappa shape index (κ2) is 10.1. The summed E-state index contributed by atoms with van der Waals surface area (Å²) in [6.45, 7) is 14.7. The molecule has 0 rings (SSSR count). The van der Waals surface area contributed by atoms with E-state index >= 15 is 0 Å². The van der Waals surface area contributed by atoms with Gasteiger partial charge in [-0.05, 0) is 55.0 Å². The Morgan fingerprint density at radius 1 is 1.24 bits per heavy atom. The lowest BCUT2D eigenvalue weighted by atomic mass is 9.96. The molecule has 5 nitrogen and oxygen atoms in total. The first-order valence-corrected chi connectivity index (χ1v) is 7.96. The Kier molecular flexibility index (Phi) is 9.83. The third kappa shape index (κ3) is 9.06. The Morgan fingerprint density at radius 2 is 1.86 bits per heavy atom. The van der Waals surface area contributed by atoms with Crippen molar-refractivity contribution in [2.24, 2.45) is 0 Å². The normalized spacial score (nSPS) is 14.8. The minimum absolute atomic E-state index is 0.175. The van der Waals surface area contributed by atoms with Crippen molar-refractivity contribution < 1.29 is 14.3 Å². The molecule has 5 heteroatoms. The SMILES string of the molecule is CCOC(=O)C(C)(CCN(C)CCOC(C)C)NC(C)C. The van der Waals surface area contributed by atoms with Crippen LogP contribution in [-0.2, 0) is 14.3 Å². The summed E-state index contributed by atoms with van der Waals surface area (Å²) in [6, 6.07) is 0.231. The summed E-state index contributed by atoms with van der Waals surface area (Å²) < 4.78 is 10.8. The van der Waals surface area contributed by atoms with E-state index in [0.29, 0.717) is 19.6 Å². The third-order valence-electron chi connectivity index (χ3n) is 3.25. The molecule has 126 valence electrons. The highest BCUT2D eigenvalue weighted by molar-refractivity contribution is 5.80. The molecular formula is C16H34N2O3. The average molecular weight is 302 g/mol. The third-order valence-corrected chi connectivity index (χ3v) is 3.25. The summed E-state index contributed by atoms with van der Waals surface area (Å²) in [5, 5.41) is 3.34. The Bertz CT molecular complexity index is 295. The van der Waals surface area contributed by atoms with Gasteiger partial charge in [0, 0.05) is 19.1 Å². The summed E-state index contributed by atoms with van der Waals surface area (Å²) in [4.78, 5) is 14.4. The summed E-state index contributed by atoms with van der Waals surface area (Å²) >= 11 is 0. The van der Waals surface area contributed by atoms with Gasteiger partial charge in [0.2, 0.25) is 0 Å². The molecule has 0 radical (unpaired) electrons. The van der Waals surface area contributed by atoms with Crippen molar-refractivity contribution in [1.29, 1.82) is 0 Å². The van der Waals surface area contributed by atoms with Crippen LogP contribution in [0.4, 0.5) is 0 Å². The Balaban J connectivity index is 4.37. The summed E-state index contributed by atoms with van der Waals surface area (Å²) in [7, 11) is 2.05. The lowest BCUT2D eigenvalue weighted by Crippen LogP contribution is -2.54. The highest BCUT2D eigenvalue weighted by atomic mass is 16.5. The number of hydrogen-bond donors (Lipinski definition) is 1. The number of ether oxygens (including phenoxy) is 2. The first-order valence-electron chi connectivity index (χ1n) is 7.96. The monoisotopic (exact) mass is 302 g/mol. The molecule has 0 fully saturated rings. The minimum atomic E-state index is -0.642. The lowest BCUT2D eigenvalue weighted by Gasteiger charge is -2.32. The maximum Gasteiger partial charge on any atom is 0.326 e. The van der Waals surface area contributed by atoms with Crippen LogP contribution in [0.2, 0.25) is 0 Å². The smallest absolute Gasteiger partial charge is 0.326 e. The number of carbonyl (C=O) groups excluding carboxylic acids is 1. The number of carbonyl (C=O) groups is 1. The molecule has 1 N–H and O–H groups in total. The van der Waals surface area contributed by atoms with E-state index in [1.807, 2.05) is 48.6 Å². The molecule has 0 spiro atoms. The van der Waals surface area contributed by atoms with E-state index in [4.69, 9.17) is 9.47 Å². The molecule has 0 aliphatic heterocycles. The maximum atomic E-state index is 12.2. The molecule has 0 aliphatic rings. The first kappa shape index (κ1) is 20.3. The maximum absolute atomic E-state index is 12.2. The number of nitrogens with zero attached hydrogens (tertiary/aromatic N) is 1. The van der Waals surface area contributed by atoms with Crippen LogP contribution in [0.3, 0.4) is 0 Å². The standard InChI is InChI=1S/C16H34N2O3/c1-8-20-15(19)16(6,17-13(2)3)9-10-18(7)11-12-21-14(4)5/h13-14,17H,8-12H2,1-7H3. The second-order valence-corrected chi connectivity index (χ2v) is 6.32. The van der Waals surface area contributed by atoms with Crippen LogP contribution in [0.1, 0.15) is 48.0 Å². The van der Waals surface area contributed by atoms with Crippen LogP contribution in [0, 0.1) is 0 Å². The first-order chi connectivity index (χ1) is 9.71. The number of hydrogen-bond acceptors (Lipinski definition) is 5. The molecule has 0 saturated carbocycles. The molecule has 0 aromatic rings. The van der Waals surface area contributed by atoms with Gasteiger partial charge in [-0.1, -0.05) is 0 Å². The van der Waals surface area contributed by atoms with Gasteiger partial charge in [-0.25, -0.2) is 0 Å². The van der Waals surface area contributed by atoms with E-state index in [1.165, 1.54) is 0 Å². The van der Waals surface area contributed by atoms with E-state index in [1.54, 1.807) is 0 Å². The highest BCUT2D eigenvalue weighted by Crippen LogP contribution is 2.14. The van der Waals surface area contributed by atoms with Crippen LogP contribution < -0.4 is 5.32 Å². The number of esters is 1. The molecule has 0 aliphatic carbocycles. The Labute approximate surface area is 130 Å². The zero-order valence-corrected chi connectivity index (χ0v) is 14.9. The van der Waals surface area contributed by atoms with Crippen molar-refractivity contribution in [3.8, 4) is 0 Å². The van der Waals surface area contributed by atoms with Gasteiger partial charge in [-0.15, -0.1) is 0 Å². The molecule has 0 saturated heterocycles. The van der Waals surface area contributed by atoms with E-state index in [9.17, 15) is 4.79 Å². The molecule has 1 unspecified atom stereocenters. The molecule has 21 heavy (non-hydrogen) atoms. The Morgan fingerprint density at radius 3 is 2.33 bits per heavy atom. The van der Waals surface area contributed by atoms with E-state index in [2.05, 4.69) is 10.2 Å². The Hall–Kier alpha value is -0.650. The molecule has 0 bridgehead atoms. The van der Waals surface area contributed by atoms with Crippen molar-refractivity contribution in [3.05, 3.63) is 0 Å². The van der Waals surface area contributed by atoms with Crippen molar-refractivity contribution in [2.75, 3.05) is 33.4 Å². The predicted octanol–water partition coefficient (Wildman–Crippen LogP) is 2.05. The van der Waals surface area contributed by atoms with Crippen molar-refractivity contribution in [3.63, 3.8) is 0 Å². The summed E-state index contributed by atoms with van der Waals surface area (Å²) in [6.07, 6.45) is 0.966. The van der Waals surface area contributed by atoms with Gasteiger partial charge < -0.3 is 14.4 Å². The highest BCUT2D eigenvalue weighted by Gasteiger charge is 2.34. The van der Waals surface area contributed by atoms with E-state index < -0.39 is 5.54 Å². The van der Waals surface area contributed by atoms with E-state index in [-0.39, 0.29) is 18.1 Å². The quantitative estimate of drug-likeness (QED) is 0.592. The van der Waals surface area contributed by atoms with Gasteiger partial charge in [-0.2, -0.15) is 0 Å². The van der Waals surface area contributed by atoms with Crippen LogP contribution in [0.15, 0.2) is 0 Å². The number of nitrogens with one attached hydrogen (secondary N) is 1. The average Bonchev–Trinajstić information content (AvgIpc) is 2.35. The van der Waals surface area contributed by atoms with Gasteiger partial charge in [0.15, 0.2) is 0 Å². The van der Waals surface area contributed by atoms with Gasteiger partial charge in [0.1, 0.15) is 5.54 Å². The molecule has 0 aromatic heterocycles. The molecular weight excluding hydrogens is 268 g/mol. The van der Waals surface area contributed by atoms with Gasteiger partial charge in [-0.3, -0.25) is 10.1 Å². The zero-order chi connectivity index (χ0) is 16.5. The summed E-state index contributed by atoms with van der Waals surface area (Å²) in [5.74, 6) is -0.175. The number of rotatable bonds is 11. The van der Waals surface area contributed by atoms with Crippen LogP contribution in [-0.4, -0.2) is 61.9 Å². The molecule has 0 amide bonds. The predicted molar refractivity (Wildman–Crippen MR) is 86.5 cm³/mol. The lowest BCUT2D eigenvalue weighted by molar-refractivity contribution is -0.151. The molecule has 0 aromatic carbocycles. The fourth-order valence-electron chi connectivity index (χ4n) is 2.13. The fraction of sp³-hybridized carbons (Fsp3) is 0.938. The van der Waals surface area contributed by atoms with Crippen molar-refractivity contribution in [2.45, 2.75) is 65.6 Å². The van der Waals surface area contributed by atoms with Gasteiger partial charge in [0.25, 0.3) is 0 Å². The van der Waals surface area contributed by atoms with Crippen LogP contribution >= 0.6 is 0 Å². The van der Waals surface area contributed by atoms with Crippen LogP contribution in [0.5, 0.6) is 0 Å². The second-order valence-electron chi connectivity index (χ2n) is 6.32. The van der Waals surface area contributed by atoms with E-state index in [0.717, 1.165) is 13.1 Å². The van der Waals surface area contributed by atoms with Gasteiger partial charge >= 0.3 is 5.97 Å². The number of likely N-dealkylation sites (N-methyl/N-ethyl adjacent to an activating group) is 1. The van der Waals surface area contributed by atoms with Gasteiger partial charge in [0.05, 0.1) is 19.3 Å². The minimum Gasteiger partial charge on any atom is -0.465 e. The fourth-order valence-corrected chi connectivity index (χ4v) is 2.13. The topological polar surface area (TPSA) is 50.8 Å². The molecule has 0 heterocycles. The van der Waals surface area contributed by atoms with Crippen molar-refractivity contribution in [1.82, 2.24) is 10.2 Å². The van der Waals surface area contributed by atoms with Crippen LogP contribution in [0.25, 0.3) is 0 Å². The largest absolute Gasteiger partial charge is 0.465 e.